The molecule has 0 radical (unpaired) electrons. The van der Waals surface area contributed by atoms with Gasteiger partial charge in [0.2, 0.25) is 0 Å². The van der Waals surface area contributed by atoms with Crippen molar-refractivity contribution in [1.29, 1.82) is 5.26 Å². The minimum atomic E-state index is -0.0863. The maximum Gasteiger partial charge on any atom is 0.0808 e. The van der Waals surface area contributed by atoms with Crippen LogP contribution in [0.3, 0.4) is 0 Å². The number of ether oxygens (including phenoxy) is 1. The lowest BCUT2D eigenvalue weighted by Gasteiger charge is -2.08. The first-order valence-corrected chi connectivity index (χ1v) is 4.67. The molecule has 0 unspecified atom stereocenters. The first-order valence-electron chi connectivity index (χ1n) is 4.67. The van der Waals surface area contributed by atoms with Crippen LogP contribution in [0, 0.1) is 22.7 Å². The number of rotatable bonds is 5. The summed E-state index contributed by atoms with van der Waals surface area (Å²) >= 11 is 0. The highest BCUT2D eigenvalue weighted by Crippen LogP contribution is 2.44. The Morgan fingerprint density at radius 2 is 2.17 bits per heavy atom. The molecule has 0 spiro atoms. The zero-order valence-electron chi connectivity index (χ0n) is 7.97. The van der Waals surface area contributed by atoms with E-state index in [1.807, 2.05) is 0 Å². The van der Waals surface area contributed by atoms with E-state index in [1.54, 1.807) is 0 Å². The van der Waals surface area contributed by atoms with Crippen LogP contribution in [-0.4, -0.2) is 13.2 Å². The standard InChI is InChI=1S/C10H17NO/c1-9(2)3-6-12-8-10(7-11)4-5-10/h9H,3-6,8H2,1-2H3. The molecule has 12 heavy (non-hydrogen) atoms. The second-order valence-corrected chi connectivity index (χ2v) is 4.13. The Bertz CT molecular complexity index is 177. The summed E-state index contributed by atoms with van der Waals surface area (Å²) < 4.78 is 5.44. The average Bonchev–Trinajstić information content (AvgIpc) is 2.79. The number of nitrogens with zero attached hydrogens (tertiary/aromatic N) is 1. The smallest absolute Gasteiger partial charge is 0.0808 e. The third-order valence-electron chi connectivity index (χ3n) is 2.31. The molecular formula is C10H17NO. The van der Waals surface area contributed by atoms with Crippen LogP contribution < -0.4 is 0 Å². The number of hydrogen-bond donors (Lipinski definition) is 0. The molecule has 68 valence electrons. The van der Waals surface area contributed by atoms with E-state index < -0.39 is 0 Å². The van der Waals surface area contributed by atoms with Crippen LogP contribution in [0.25, 0.3) is 0 Å². The van der Waals surface area contributed by atoms with Gasteiger partial charge in [-0.05, 0) is 25.2 Å². The van der Waals surface area contributed by atoms with Crippen molar-refractivity contribution in [3.8, 4) is 6.07 Å². The van der Waals surface area contributed by atoms with Gasteiger partial charge in [0.25, 0.3) is 0 Å². The van der Waals surface area contributed by atoms with E-state index in [9.17, 15) is 0 Å². The molecule has 0 aromatic rings. The first kappa shape index (κ1) is 9.54. The molecular weight excluding hydrogens is 150 g/mol. The van der Waals surface area contributed by atoms with Gasteiger partial charge in [-0.2, -0.15) is 5.26 Å². The second kappa shape index (κ2) is 3.91. The molecule has 2 nitrogen and oxygen atoms in total. The van der Waals surface area contributed by atoms with Crippen LogP contribution in [0.15, 0.2) is 0 Å². The minimum absolute atomic E-state index is 0.0863. The Hall–Kier alpha value is -0.550. The quantitative estimate of drug-likeness (QED) is 0.589. The largest absolute Gasteiger partial charge is 0.380 e. The predicted molar refractivity (Wildman–Crippen MR) is 47.6 cm³/mol. The molecule has 0 aromatic heterocycles. The monoisotopic (exact) mass is 167 g/mol. The predicted octanol–water partition coefficient (Wildman–Crippen LogP) is 2.35. The van der Waals surface area contributed by atoms with Gasteiger partial charge >= 0.3 is 0 Å². The Kier molecular flexibility index (Phi) is 3.11. The fourth-order valence-electron chi connectivity index (χ4n) is 1.03. The van der Waals surface area contributed by atoms with Crippen molar-refractivity contribution in [2.24, 2.45) is 11.3 Å². The SMILES string of the molecule is CC(C)CCOCC1(C#N)CC1. The average molecular weight is 167 g/mol. The van der Waals surface area contributed by atoms with Gasteiger partial charge in [-0.15, -0.1) is 0 Å². The summed E-state index contributed by atoms with van der Waals surface area (Å²) in [6.45, 7) is 5.82. The molecule has 1 aliphatic rings. The zero-order chi connectivity index (χ0) is 9.03. The molecule has 1 saturated carbocycles. The Balaban J connectivity index is 2.00. The highest BCUT2D eigenvalue weighted by atomic mass is 16.5. The topological polar surface area (TPSA) is 33.0 Å². The maximum absolute atomic E-state index is 8.74. The molecule has 0 amide bonds. The van der Waals surface area contributed by atoms with Gasteiger partial charge in [0.05, 0.1) is 18.1 Å². The van der Waals surface area contributed by atoms with Crippen molar-refractivity contribution in [1.82, 2.24) is 0 Å². The van der Waals surface area contributed by atoms with Gasteiger partial charge in [0.1, 0.15) is 0 Å². The van der Waals surface area contributed by atoms with Crippen LogP contribution in [-0.2, 0) is 4.74 Å². The Morgan fingerprint density at radius 3 is 2.58 bits per heavy atom. The van der Waals surface area contributed by atoms with Gasteiger partial charge in [-0.25, -0.2) is 0 Å². The lowest BCUT2D eigenvalue weighted by Crippen LogP contribution is -2.09. The van der Waals surface area contributed by atoms with Gasteiger partial charge in [-0.3, -0.25) is 0 Å². The van der Waals surface area contributed by atoms with Crippen molar-refractivity contribution in [3.63, 3.8) is 0 Å². The second-order valence-electron chi connectivity index (χ2n) is 4.13. The lowest BCUT2D eigenvalue weighted by atomic mass is 10.1. The third kappa shape index (κ3) is 2.83. The molecule has 0 heterocycles. The summed E-state index contributed by atoms with van der Waals surface area (Å²) in [4.78, 5) is 0. The van der Waals surface area contributed by atoms with Crippen molar-refractivity contribution < 1.29 is 4.74 Å². The van der Waals surface area contributed by atoms with E-state index in [0.717, 1.165) is 25.9 Å². The summed E-state index contributed by atoms with van der Waals surface area (Å²) in [5.74, 6) is 0.697. The number of hydrogen-bond acceptors (Lipinski definition) is 2. The molecule has 0 saturated heterocycles. The first-order chi connectivity index (χ1) is 5.68. The third-order valence-corrected chi connectivity index (χ3v) is 2.31. The van der Waals surface area contributed by atoms with E-state index >= 15 is 0 Å². The summed E-state index contributed by atoms with van der Waals surface area (Å²) in [7, 11) is 0. The molecule has 1 rings (SSSR count). The highest BCUT2D eigenvalue weighted by molar-refractivity contribution is 5.09. The molecule has 0 N–H and O–H groups in total. The van der Waals surface area contributed by atoms with E-state index in [2.05, 4.69) is 19.9 Å². The number of nitriles is 1. The van der Waals surface area contributed by atoms with Crippen LogP contribution >= 0.6 is 0 Å². The van der Waals surface area contributed by atoms with E-state index in [0.29, 0.717) is 12.5 Å². The summed E-state index contributed by atoms with van der Waals surface area (Å²) in [6, 6.07) is 2.32. The van der Waals surface area contributed by atoms with Crippen LogP contribution in [0.5, 0.6) is 0 Å². The molecule has 1 aliphatic carbocycles. The minimum Gasteiger partial charge on any atom is -0.380 e. The van der Waals surface area contributed by atoms with Crippen molar-refractivity contribution in [2.45, 2.75) is 33.1 Å². The maximum atomic E-state index is 8.74. The van der Waals surface area contributed by atoms with Crippen molar-refractivity contribution in [3.05, 3.63) is 0 Å². The van der Waals surface area contributed by atoms with Gasteiger partial charge in [0.15, 0.2) is 0 Å². The van der Waals surface area contributed by atoms with Crippen molar-refractivity contribution in [2.75, 3.05) is 13.2 Å². The molecule has 0 atom stereocenters. The molecule has 0 aromatic carbocycles. The highest BCUT2D eigenvalue weighted by Gasteiger charge is 2.43. The fourth-order valence-corrected chi connectivity index (χ4v) is 1.03. The zero-order valence-corrected chi connectivity index (χ0v) is 7.97. The summed E-state index contributed by atoms with van der Waals surface area (Å²) in [5.41, 5.74) is -0.0863. The molecule has 2 heteroatoms. The van der Waals surface area contributed by atoms with Crippen LogP contribution in [0.4, 0.5) is 0 Å². The Morgan fingerprint density at radius 1 is 1.50 bits per heavy atom. The normalized spacial score (nSPS) is 19.2. The van der Waals surface area contributed by atoms with E-state index in [4.69, 9.17) is 10.00 Å². The van der Waals surface area contributed by atoms with Gasteiger partial charge < -0.3 is 4.74 Å². The summed E-state index contributed by atoms with van der Waals surface area (Å²) in [5, 5.41) is 8.74. The lowest BCUT2D eigenvalue weighted by molar-refractivity contribution is 0.0986. The van der Waals surface area contributed by atoms with E-state index in [1.165, 1.54) is 0 Å². The van der Waals surface area contributed by atoms with Crippen LogP contribution in [0.2, 0.25) is 0 Å². The molecule has 1 fully saturated rings. The molecule has 0 aliphatic heterocycles. The molecule has 0 bridgehead atoms. The van der Waals surface area contributed by atoms with Crippen molar-refractivity contribution >= 4 is 0 Å². The van der Waals surface area contributed by atoms with Gasteiger partial charge in [0, 0.05) is 6.61 Å². The fraction of sp³-hybridized carbons (Fsp3) is 0.900. The van der Waals surface area contributed by atoms with Gasteiger partial charge in [-0.1, -0.05) is 13.8 Å². The summed E-state index contributed by atoms with van der Waals surface area (Å²) in [6.07, 6.45) is 3.16. The van der Waals surface area contributed by atoms with E-state index in [-0.39, 0.29) is 5.41 Å². The van der Waals surface area contributed by atoms with Crippen LogP contribution in [0.1, 0.15) is 33.1 Å². The Labute approximate surface area is 74.5 Å².